The SMILES string of the molecule is Cn1cncc1C(=O)Nc1ccccc1CO. The minimum absolute atomic E-state index is 0.109. The van der Waals surface area contributed by atoms with Crippen molar-refractivity contribution in [3.8, 4) is 0 Å². The lowest BCUT2D eigenvalue weighted by Gasteiger charge is -2.09. The first-order chi connectivity index (χ1) is 8.22. The summed E-state index contributed by atoms with van der Waals surface area (Å²) in [6.07, 6.45) is 3.06. The molecule has 0 aliphatic carbocycles. The second-order valence-corrected chi connectivity index (χ2v) is 3.66. The number of aromatic nitrogens is 2. The second-order valence-electron chi connectivity index (χ2n) is 3.66. The molecule has 0 aliphatic heterocycles. The zero-order valence-corrected chi connectivity index (χ0v) is 9.42. The molecule has 1 aromatic heterocycles. The molecule has 0 aliphatic rings. The molecule has 1 aromatic carbocycles. The van der Waals surface area contributed by atoms with E-state index in [2.05, 4.69) is 10.3 Å². The van der Waals surface area contributed by atoms with Gasteiger partial charge in [0.1, 0.15) is 5.69 Å². The Morgan fingerprint density at radius 3 is 2.88 bits per heavy atom. The van der Waals surface area contributed by atoms with Crippen LogP contribution in [0.5, 0.6) is 0 Å². The van der Waals surface area contributed by atoms with Gasteiger partial charge in [-0.2, -0.15) is 0 Å². The van der Waals surface area contributed by atoms with Crippen molar-refractivity contribution in [2.24, 2.45) is 7.05 Å². The highest BCUT2D eigenvalue weighted by Crippen LogP contribution is 2.15. The third-order valence-corrected chi connectivity index (χ3v) is 2.49. The maximum atomic E-state index is 11.9. The van der Waals surface area contributed by atoms with Crippen LogP contribution in [0.25, 0.3) is 0 Å². The largest absolute Gasteiger partial charge is 0.392 e. The van der Waals surface area contributed by atoms with E-state index in [1.165, 1.54) is 6.20 Å². The molecule has 0 unspecified atom stereocenters. The van der Waals surface area contributed by atoms with Gasteiger partial charge >= 0.3 is 0 Å². The van der Waals surface area contributed by atoms with Crippen LogP contribution in [0.3, 0.4) is 0 Å². The van der Waals surface area contributed by atoms with Crippen molar-refractivity contribution in [3.63, 3.8) is 0 Å². The van der Waals surface area contributed by atoms with E-state index >= 15 is 0 Å². The molecule has 5 nitrogen and oxygen atoms in total. The number of nitrogens with one attached hydrogen (secondary N) is 1. The summed E-state index contributed by atoms with van der Waals surface area (Å²) in [4.78, 5) is 15.8. The number of para-hydroxylation sites is 1. The van der Waals surface area contributed by atoms with Gasteiger partial charge in [0.2, 0.25) is 0 Å². The zero-order chi connectivity index (χ0) is 12.3. The first-order valence-electron chi connectivity index (χ1n) is 5.19. The maximum Gasteiger partial charge on any atom is 0.273 e. The van der Waals surface area contributed by atoms with Gasteiger partial charge in [0.25, 0.3) is 5.91 Å². The average molecular weight is 231 g/mol. The normalized spacial score (nSPS) is 10.2. The van der Waals surface area contributed by atoms with Gasteiger partial charge in [-0.05, 0) is 6.07 Å². The van der Waals surface area contributed by atoms with Crippen molar-refractivity contribution < 1.29 is 9.90 Å². The molecule has 0 saturated heterocycles. The summed E-state index contributed by atoms with van der Waals surface area (Å²) < 4.78 is 1.64. The van der Waals surface area contributed by atoms with Gasteiger partial charge in [0.15, 0.2) is 0 Å². The molecule has 0 radical (unpaired) electrons. The van der Waals surface area contributed by atoms with E-state index in [1.807, 2.05) is 6.07 Å². The van der Waals surface area contributed by atoms with Crippen molar-refractivity contribution in [1.82, 2.24) is 9.55 Å². The third kappa shape index (κ3) is 2.34. The minimum atomic E-state index is -0.245. The van der Waals surface area contributed by atoms with Gasteiger partial charge in [0, 0.05) is 18.3 Å². The average Bonchev–Trinajstić information content (AvgIpc) is 2.76. The zero-order valence-electron chi connectivity index (χ0n) is 9.42. The third-order valence-electron chi connectivity index (χ3n) is 2.49. The highest BCUT2D eigenvalue weighted by molar-refractivity contribution is 6.03. The van der Waals surface area contributed by atoms with Crippen LogP contribution in [0.1, 0.15) is 16.1 Å². The van der Waals surface area contributed by atoms with Crippen LogP contribution < -0.4 is 5.32 Å². The lowest BCUT2D eigenvalue weighted by Crippen LogP contribution is -2.16. The highest BCUT2D eigenvalue weighted by atomic mass is 16.3. The molecular formula is C12H13N3O2. The summed E-state index contributed by atoms with van der Waals surface area (Å²) in [5, 5.41) is 11.9. The summed E-state index contributed by atoms with van der Waals surface area (Å²) >= 11 is 0. The van der Waals surface area contributed by atoms with Crippen molar-refractivity contribution >= 4 is 11.6 Å². The minimum Gasteiger partial charge on any atom is -0.392 e. The standard InChI is InChI=1S/C12H13N3O2/c1-15-8-13-6-11(15)12(17)14-10-5-3-2-4-9(10)7-16/h2-6,8,16H,7H2,1H3,(H,14,17). The number of aliphatic hydroxyl groups is 1. The molecule has 2 N–H and O–H groups in total. The van der Waals surface area contributed by atoms with Crippen LogP contribution in [-0.4, -0.2) is 20.6 Å². The smallest absolute Gasteiger partial charge is 0.273 e. The van der Waals surface area contributed by atoms with Crippen molar-refractivity contribution in [3.05, 3.63) is 48.0 Å². The molecule has 88 valence electrons. The number of benzene rings is 1. The summed E-state index contributed by atoms with van der Waals surface area (Å²) in [7, 11) is 1.75. The number of amides is 1. The fourth-order valence-electron chi connectivity index (χ4n) is 1.54. The predicted octanol–water partition coefficient (Wildman–Crippen LogP) is 1.16. The molecule has 0 fully saturated rings. The van der Waals surface area contributed by atoms with E-state index in [9.17, 15) is 4.79 Å². The quantitative estimate of drug-likeness (QED) is 0.833. The molecular weight excluding hydrogens is 218 g/mol. The molecule has 2 aromatic rings. The first-order valence-corrected chi connectivity index (χ1v) is 5.19. The van der Waals surface area contributed by atoms with E-state index in [4.69, 9.17) is 5.11 Å². The fraction of sp³-hybridized carbons (Fsp3) is 0.167. The van der Waals surface area contributed by atoms with E-state index in [1.54, 1.807) is 36.1 Å². The second kappa shape index (κ2) is 4.80. The molecule has 2 rings (SSSR count). The van der Waals surface area contributed by atoms with Crippen LogP contribution in [-0.2, 0) is 13.7 Å². The number of rotatable bonds is 3. The molecule has 1 amide bonds. The summed E-state index contributed by atoms with van der Waals surface area (Å²) in [6.45, 7) is -0.109. The van der Waals surface area contributed by atoms with Crippen LogP contribution in [0.2, 0.25) is 0 Å². The number of hydrogen-bond donors (Lipinski definition) is 2. The Labute approximate surface area is 98.7 Å². The number of hydrogen-bond acceptors (Lipinski definition) is 3. The summed E-state index contributed by atoms with van der Waals surface area (Å²) in [5.74, 6) is -0.245. The van der Waals surface area contributed by atoms with Gasteiger partial charge in [-0.3, -0.25) is 4.79 Å². The highest BCUT2D eigenvalue weighted by Gasteiger charge is 2.11. The number of aliphatic hydroxyl groups excluding tert-OH is 1. The maximum absolute atomic E-state index is 11.9. The topological polar surface area (TPSA) is 67.2 Å². The van der Waals surface area contributed by atoms with E-state index < -0.39 is 0 Å². The van der Waals surface area contributed by atoms with Gasteiger partial charge in [-0.25, -0.2) is 4.98 Å². The lowest BCUT2D eigenvalue weighted by molar-refractivity contribution is 0.101. The Kier molecular flexibility index (Phi) is 3.20. The summed E-state index contributed by atoms with van der Waals surface area (Å²) in [5.41, 5.74) is 1.77. The van der Waals surface area contributed by atoms with Crippen LogP contribution in [0.4, 0.5) is 5.69 Å². The molecule has 1 heterocycles. The number of nitrogens with zero attached hydrogens (tertiary/aromatic N) is 2. The first kappa shape index (κ1) is 11.3. The lowest BCUT2D eigenvalue weighted by atomic mass is 10.2. The van der Waals surface area contributed by atoms with Crippen molar-refractivity contribution in [2.45, 2.75) is 6.61 Å². The van der Waals surface area contributed by atoms with Gasteiger partial charge in [-0.15, -0.1) is 0 Å². The molecule has 0 atom stereocenters. The van der Waals surface area contributed by atoms with Crippen LogP contribution in [0, 0.1) is 0 Å². The van der Waals surface area contributed by atoms with Crippen molar-refractivity contribution in [1.29, 1.82) is 0 Å². The van der Waals surface area contributed by atoms with Crippen LogP contribution in [0.15, 0.2) is 36.8 Å². The molecule has 0 spiro atoms. The van der Waals surface area contributed by atoms with Crippen LogP contribution >= 0.6 is 0 Å². The molecule has 5 heteroatoms. The fourth-order valence-corrected chi connectivity index (χ4v) is 1.54. The Morgan fingerprint density at radius 1 is 1.47 bits per heavy atom. The van der Waals surface area contributed by atoms with E-state index in [0.29, 0.717) is 16.9 Å². The Bertz CT molecular complexity index is 534. The number of imidazole rings is 1. The molecule has 0 bridgehead atoms. The number of carbonyl (C=O) groups excluding carboxylic acids is 1. The van der Waals surface area contributed by atoms with E-state index in [0.717, 1.165) is 0 Å². The predicted molar refractivity (Wildman–Crippen MR) is 63.5 cm³/mol. The Morgan fingerprint density at radius 2 is 2.24 bits per heavy atom. The number of anilines is 1. The van der Waals surface area contributed by atoms with Gasteiger partial charge < -0.3 is 15.0 Å². The Balaban J connectivity index is 2.22. The number of carbonyl (C=O) groups is 1. The monoisotopic (exact) mass is 231 g/mol. The molecule has 17 heavy (non-hydrogen) atoms. The van der Waals surface area contributed by atoms with Gasteiger partial charge in [0.05, 0.1) is 19.1 Å². The number of aryl methyl sites for hydroxylation is 1. The summed E-state index contributed by atoms with van der Waals surface area (Å²) in [6, 6.07) is 7.13. The van der Waals surface area contributed by atoms with Crippen molar-refractivity contribution in [2.75, 3.05) is 5.32 Å². The Hall–Kier alpha value is -2.14. The molecule has 0 saturated carbocycles. The van der Waals surface area contributed by atoms with E-state index in [-0.39, 0.29) is 12.5 Å². The van der Waals surface area contributed by atoms with Gasteiger partial charge in [-0.1, -0.05) is 18.2 Å².